The number of hydrogen-bond acceptors (Lipinski definition) is 6. The van der Waals surface area contributed by atoms with E-state index in [1.54, 1.807) is 12.1 Å². The molecule has 1 aliphatic rings. The standard InChI is InChI=1S/C14H23N5O2/c1-17-7-5-12(6-8-17)18(2)10-11-3-4-14(19(20)21)13(9-11)16-15/h3-4,9,12,16H,5-8,10,15H2,1-2H3. The molecule has 0 amide bonds. The molecule has 0 radical (unpaired) electrons. The van der Waals surface area contributed by atoms with Crippen LogP contribution in [0.4, 0.5) is 11.4 Å². The average Bonchev–Trinajstić information content (AvgIpc) is 2.47. The molecule has 0 aliphatic carbocycles. The second-order valence-corrected chi connectivity index (χ2v) is 5.70. The molecule has 1 aromatic carbocycles. The molecule has 1 fully saturated rings. The van der Waals surface area contributed by atoms with Gasteiger partial charge in [0.25, 0.3) is 5.69 Å². The highest BCUT2D eigenvalue weighted by atomic mass is 16.6. The number of rotatable bonds is 5. The molecule has 0 saturated carbocycles. The fourth-order valence-electron chi connectivity index (χ4n) is 2.81. The Balaban J connectivity index is 2.03. The van der Waals surface area contributed by atoms with Gasteiger partial charge in [0, 0.05) is 18.7 Å². The van der Waals surface area contributed by atoms with E-state index in [4.69, 9.17) is 5.84 Å². The van der Waals surface area contributed by atoms with Gasteiger partial charge >= 0.3 is 0 Å². The third-order valence-electron chi connectivity index (χ3n) is 4.16. The van der Waals surface area contributed by atoms with E-state index in [1.165, 1.54) is 6.07 Å². The highest BCUT2D eigenvalue weighted by molar-refractivity contribution is 5.62. The average molecular weight is 293 g/mol. The van der Waals surface area contributed by atoms with Crippen molar-refractivity contribution < 1.29 is 4.92 Å². The van der Waals surface area contributed by atoms with Crippen molar-refractivity contribution in [1.82, 2.24) is 9.80 Å². The van der Waals surface area contributed by atoms with E-state index < -0.39 is 4.92 Å². The molecular weight excluding hydrogens is 270 g/mol. The summed E-state index contributed by atoms with van der Waals surface area (Å²) in [7, 11) is 4.25. The molecule has 0 unspecified atom stereocenters. The molecule has 1 saturated heterocycles. The summed E-state index contributed by atoms with van der Waals surface area (Å²) in [6.45, 7) is 3.00. The van der Waals surface area contributed by atoms with Crippen molar-refractivity contribution in [3.05, 3.63) is 33.9 Å². The van der Waals surface area contributed by atoms with Gasteiger partial charge in [0.05, 0.1) is 4.92 Å². The smallest absolute Gasteiger partial charge is 0.293 e. The van der Waals surface area contributed by atoms with Gasteiger partial charge in [0.15, 0.2) is 0 Å². The maximum absolute atomic E-state index is 10.9. The minimum Gasteiger partial charge on any atom is -0.318 e. The first-order valence-electron chi connectivity index (χ1n) is 7.14. The van der Waals surface area contributed by atoms with Gasteiger partial charge in [-0.05, 0) is 51.7 Å². The monoisotopic (exact) mass is 293 g/mol. The molecule has 0 spiro atoms. The Labute approximate surface area is 124 Å². The largest absolute Gasteiger partial charge is 0.318 e. The zero-order valence-electron chi connectivity index (χ0n) is 12.6. The number of likely N-dealkylation sites (tertiary alicyclic amines) is 1. The molecule has 116 valence electrons. The summed E-state index contributed by atoms with van der Waals surface area (Å²) in [5, 5.41) is 10.9. The van der Waals surface area contributed by atoms with Crippen LogP contribution < -0.4 is 11.3 Å². The lowest BCUT2D eigenvalue weighted by Gasteiger charge is -2.35. The van der Waals surface area contributed by atoms with Crippen LogP contribution in [0.5, 0.6) is 0 Å². The van der Waals surface area contributed by atoms with Gasteiger partial charge in [-0.15, -0.1) is 0 Å². The molecule has 7 nitrogen and oxygen atoms in total. The summed E-state index contributed by atoms with van der Waals surface area (Å²) in [6.07, 6.45) is 2.31. The predicted molar refractivity (Wildman–Crippen MR) is 82.9 cm³/mol. The SMILES string of the molecule is CN1CCC(N(C)Cc2ccc([N+](=O)[O-])c(NN)c2)CC1. The van der Waals surface area contributed by atoms with Gasteiger partial charge in [-0.2, -0.15) is 0 Å². The number of nitrogens with one attached hydrogen (secondary N) is 1. The number of nitro groups is 1. The predicted octanol–water partition coefficient (Wildman–Crippen LogP) is 1.41. The Morgan fingerprint density at radius 2 is 2.14 bits per heavy atom. The van der Waals surface area contributed by atoms with Gasteiger partial charge in [0.2, 0.25) is 0 Å². The molecule has 0 bridgehead atoms. The fraction of sp³-hybridized carbons (Fsp3) is 0.571. The van der Waals surface area contributed by atoms with Crippen LogP contribution >= 0.6 is 0 Å². The van der Waals surface area contributed by atoms with Gasteiger partial charge in [-0.1, -0.05) is 6.07 Å². The lowest BCUT2D eigenvalue weighted by molar-refractivity contribution is -0.384. The van der Waals surface area contributed by atoms with E-state index in [9.17, 15) is 10.1 Å². The summed E-state index contributed by atoms with van der Waals surface area (Å²) >= 11 is 0. The Morgan fingerprint density at radius 3 is 2.71 bits per heavy atom. The van der Waals surface area contributed by atoms with Crippen LogP contribution in [0, 0.1) is 10.1 Å². The third kappa shape index (κ3) is 3.90. The summed E-state index contributed by atoms with van der Waals surface area (Å²) in [5.74, 6) is 5.37. The van der Waals surface area contributed by atoms with Crippen LogP contribution in [0.2, 0.25) is 0 Å². The third-order valence-corrected chi connectivity index (χ3v) is 4.16. The maximum Gasteiger partial charge on any atom is 0.293 e. The normalized spacial score (nSPS) is 17.1. The lowest BCUT2D eigenvalue weighted by atomic mass is 10.0. The summed E-state index contributed by atoms with van der Waals surface area (Å²) in [4.78, 5) is 15.1. The van der Waals surface area contributed by atoms with Crippen molar-refractivity contribution in [2.75, 3.05) is 32.6 Å². The first-order valence-corrected chi connectivity index (χ1v) is 7.14. The van der Waals surface area contributed by atoms with E-state index in [0.29, 0.717) is 11.7 Å². The number of piperidine rings is 1. The van der Waals surface area contributed by atoms with Gasteiger partial charge in [0.1, 0.15) is 5.69 Å². The quantitative estimate of drug-likeness (QED) is 0.485. The minimum absolute atomic E-state index is 0.00296. The molecule has 1 aliphatic heterocycles. The summed E-state index contributed by atoms with van der Waals surface area (Å²) in [6, 6.07) is 5.62. The summed E-state index contributed by atoms with van der Waals surface area (Å²) in [5.41, 5.74) is 3.79. The number of nitrogens with two attached hydrogens (primary N) is 1. The minimum atomic E-state index is -0.431. The number of nitro benzene ring substituents is 1. The Morgan fingerprint density at radius 1 is 1.48 bits per heavy atom. The Hall–Kier alpha value is -1.70. The second kappa shape index (κ2) is 6.84. The van der Waals surface area contributed by atoms with Gasteiger partial charge < -0.3 is 10.3 Å². The lowest BCUT2D eigenvalue weighted by Crippen LogP contribution is -2.41. The highest BCUT2D eigenvalue weighted by Crippen LogP contribution is 2.25. The van der Waals surface area contributed by atoms with Gasteiger partial charge in [-0.3, -0.25) is 20.9 Å². The van der Waals surface area contributed by atoms with Crippen molar-refractivity contribution in [2.45, 2.75) is 25.4 Å². The van der Waals surface area contributed by atoms with Crippen LogP contribution in [0.25, 0.3) is 0 Å². The van der Waals surface area contributed by atoms with E-state index in [0.717, 1.165) is 38.0 Å². The zero-order chi connectivity index (χ0) is 15.4. The van der Waals surface area contributed by atoms with Crippen molar-refractivity contribution in [1.29, 1.82) is 0 Å². The molecule has 3 N–H and O–H groups in total. The van der Waals surface area contributed by atoms with Gasteiger partial charge in [-0.25, -0.2) is 0 Å². The maximum atomic E-state index is 10.9. The fourth-order valence-corrected chi connectivity index (χ4v) is 2.81. The Bertz CT molecular complexity index is 500. The molecule has 21 heavy (non-hydrogen) atoms. The van der Waals surface area contributed by atoms with Crippen LogP contribution in [-0.4, -0.2) is 47.9 Å². The molecular formula is C14H23N5O2. The number of hydrazine groups is 1. The molecule has 1 heterocycles. The highest BCUT2D eigenvalue weighted by Gasteiger charge is 2.21. The Kier molecular flexibility index (Phi) is 5.11. The van der Waals surface area contributed by atoms with Crippen LogP contribution in [-0.2, 0) is 6.54 Å². The summed E-state index contributed by atoms with van der Waals surface area (Å²) < 4.78 is 0. The van der Waals surface area contributed by atoms with E-state index >= 15 is 0 Å². The number of benzene rings is 1. The number of nitrogens with zero attached hydrogens (tertiary/aromatic N) is 3. The molecule has 0 atom stereocenters. The van der Waals surface area contributed by atoms with E-state index in [1.807, 2.05) is 0 Å². The molecule has 2 rings (SSSR count). The number of anilines is 1. The number of hydrogen-bond donors (Lipinski definition) is 2. The van der Waals surface area contributed by atoms with Crippen LogP contribution in [0.1, 0.15) is 18.4 Å². The first-order chi connectivity index (χ1) is 10.0. The van der Waals surface area contributed by atoms with Crippen molar-refractivity contribution >= 4 is 11.4 Å². The molecule has 7 heteroatoms. The van der Waals surface area contributed by atoms with E-state index in [2.05, 4.69) is 29.3 Å². The van der Waals surface area contributed by atoms with Crippen molar-refractivity contribution in [3.8, 4) is 0 Å². The zero-order valence-corrected chi connectivity index (χ0v) is 12.6. The van der Waals surface area contributed by atoms with Crippen molar-refractivity contribution in [3.63, 3.8) is 0 Å². The van der Waals surface area contributed by atoms with Crippen molar-refractivity contribution in [2.24, 2.45) is 5.84 Å². The first kappa shape index (κ1) is 15.7. The van der Waals surface area contributed by atoms with Crippen LogP contribution in [0.15, 0.2) is 18.2 Å². The number of nitrogen functional groups attached to an aromatic ring is 1. The molecule has 1 aromatic rings. The second-order valence-electron chi connectivity index (χ2n) is 5.70. The van der Waals surface area contributed by atoms with Crippen LogP contribution in [0.3, 0.4) is 0 Å². The topological polar surface area (TPSA) is 87.7 Å². The molecule has 0 aromatic heterocycles. The van der Waals surface area contributed by atoms with E-state index in [-0.39, 0.29) is 5.69 Å².